The molecule has 14 heteroatoms. The third kappa shape index (κ3) is 27.0. The minimum atomic E-state index is -3.33. The molecule has 0 radical (unpaired) electrons. The normalized spacial score (nSPS) is 12.2. The van der Waals surface area contributed by atoms with E-state index in [-0.39, 0.29) is 31.0 Å². The highest BCUT2D eigenvalue weighted by Crippen LogP contribution is 2.10. The average Bonchev–Trinajstić information content (AvgIpc) is 2.83. The molecule has 0 rings (SSSR count). The lowest BCUT2D eigenvalue weighted by Gasteiger charge is -2.17. The first-order chi connectivity index (χ1) is 17.8. The molecule has 0 aliphatic rings. The zero-order chi connectivity index (χ0) is 27.6. The monoisotopic (exact) mass is 555 g/mol. The molecule has 1 unspecified atom stereocenters. The van der Waals surface area contributed by atoms with Crippen LogP contribution in [0.4, 0.5) is 4.79 Å². The number of aldehydes is 1. The van der Waals surface area contributed by atoms with Crippen LogP contribution in [0.15, 0.2) is 0 Å². The van der Waals surface area contributed by atoms with Gasteiger partial charge in [-0.15, -0.1) is 0 Å². The van der Waals surface area contributed by atoms with E-state index in [1.54, 1.807) is 0 Å². The number of hydrogen-bond acceptors (Lipinski definition) is 11. The maximum Gasteiger partial charge on any atom is 0.407 e. The van der Waals surface area contributed by atoms with Gasteiger partial charge in [0.05, 0.1) is 58.6 Å². The second-order valence-corrected chi connectivity index (χ2v) is 10.4. The van der Waals surface area contributed by atoms with Crippen LogP contribution in [0.2, 0.25) is 0 Å². The van der Waals surface area contributed by atoms with Gasteiger partial charge in [-0.1, -0.05) is 6.42 Å². The van der Waals surface area contributed by atoms with E-state index in [2.05, 4.69) is 10.6 Å². The molecule has 218 valence electrons. The molecule has 0 saturated heterocycles. The molecule has 37 heavy (non-hydrogen) atoms. The van der Waals surface area contributed by atoms with Crippen molar-refractivity contribution in [3.63, 3.8) is 0 Å². The number of unbranched alkanes of at least 4 members (excludes halogenated alkanes) is 2. The molecule has 0 aromatic carbocycles. The highest BCUT2D eigenvalue weighted by Gasteiger charge is 2.19. The molecular weight excluding hydrogens is 510 g/mol. The molecule has 0 saturated carbocycles. The summed E-state index contributed by atoms with van der Waals surface area (Å²) < 4.78 is 49.6. The van der Waals surface area contributed by atoms with Crippen LogP contribution in [0.1, 0.15) is 38.5 Å². The highest BCUT2D eigenvalue weighted by atomic mass is 32.2. The number of carbonyl (C=O) groups excluding carboxylic acids is 3. The summed E-state index contributed by atoms with van der Waals surface area (Å²) in [6.45, 7) is 4.67. The van der Waals surface area contributed by atoms with Gasteiger partial charge in [0.1, 0.15) is 12.4 Å². The van der Waals surface area contributed by atoms with Crippen molar-refractivity contribution in [2.75, 3.05) is 84.5 Å². The molecule has 0 spiro atoms. The third-order valence-electron chi connectivity index (χ3n) is 4.67. The van der Waals surface area contributed by atoms with Gasteiger partial charge in [-0.25, -0.2) is 13.2 Å². The molecule has 0 aromatic rings. The molecule has 0 fully saturated rings. The molecule has 4 N–H and O–H groups in total. The lowest BCUT2D eigenvalue weighted by atomic mass is 10.1. The molecule has 0 aromatic heterocycles. The van der Waals surface area contributed by atoms with Crippen LogP contribution in [-0.4, -0.2) is 117 Å². The summed E-state index contributed by atoms with van der Waals surface area (Å²) in [5.74, 6) is -0.384. The third-order valence-corrected chi connectivity index (χ3v) is 5.65. The predicted molar refractivity (Wildman–Crippen MR) is 137 cm³/mol. The molecule has 1 atom stereocenters. The number of ether oxygens (including phenoxy) is 5. The Balaban J connectivity index is 3.71. The van der Waals surface area contributed by atoms with Crippen LogP contribution < -0.4 is 16.4 Å². The Morgan fingerprint density at radius 2 is 1.43 bits per heavy atom. The van der Waals surface area contributed by atoms with Crippen LogP contribution in [0.3, 0.4) is 0 Å². The standard InChI is InChI=1S/C23H45N3O10S/c1-37(30,31)20-21(36-23(29)26-10-5-11-27)6-3-2-4-9-25-22(28)7-12-32-14-16-34-18-19-35-17-15-33-13-8-24/h11,21H,2-10,12-20,24H2,1H3,(H,25,28)(H,26,29). The zero-order valence-corrected chi connectivity index (χ0v) is 22.8. The number of carbonyl (C=O) groups is 3. The summed E-state index contributed by atoms with van der Waals surface area (Å²) in [7, 11) is -3.33. The van der Waals surface area contributed by atoms with Gasteiger partial charge in [-0.3, -0.25) is 4.79 Å². The lowest BCUT2D eigenvalue weighted by Crippen LogP contribution is -2.33. The second-order valence-electron chi connectivity index (χ2n) is 8.19. The number of sulfone groups is 1. The molecule has 0 aliphatic heterocycles. The Bertz CT molecular complexity index is 694. The van der Waals surface area contributed by atoms with E-state index in [0.717, 1.165) is 12.7 Å². The Morgan fingerprint density at radius 1 is 0.838 bits per heavy atom. The number of nitrogens with one attached hydrogen (secondary N) is 2. The van der Waals surface area contributed by atoms with Crippen molar-refractivity contribution in [1.29, 1.82) is 0 Å². The maximum atomic E-state index is 11.9. The van der Waals surface area contributed by atoms with E-state index >= 15 is 0 Å². The van der Waals surface area contributed by atoms with Gasteiger partial charge in [0.15, 0.2) is 9.84 Å². The van der Waals surface area contributed by atoms with Crippen LogP contribution >= 0.6 is 0 Å². The van der Waals surface area contributed by atoms with E-state index in [4.69, 9.17) is 29.4 Å². The number of amides is 2. The zero-order valence-electron chi connectivity index (χ0n) is 22.0. The first-order valence-corrected chi connectivity index (χ1v) is 14.7. The fraction of sp³-hybridized carbons (Fsp3) is 0.870. The van der Waals surface area contributed by atoms with Gasteiger partial charge in [0.2, 0.25) is 5.91 Å². The lowest BCUT2D eigenvalue weighted by molar-refractivity contribution is -0.122. The average molecular weight is 556 g/mol. The first kappa shape index (κ1) is 35.2. The fourth-order valence-electron chi connectivity index (χ4n) is 2.94. The summed E-state index contributed by atoms with van der Waals surface area (Å²) in [6, 6.07) is 0. The van der Waals surface area contributed by atoms with Crippen molar-refractivity contribution in [3.8, 4) is 0 Å². The quantitative estimate of drug-likeness (QED) is 0.0950. The molecular formula is C23H45N3O10S. The summed E-state index contributed by atoms with van der Waals surface area (Å²) in [5.41, 5.74) is 5.31. The van der Waals surface area contributed by atoms with E-state index in [9.17, 15) is 22.8 Å². The number of alkyl carbamates (subject to hydrolysis) is 1. The van der Waals surface area contributed by atoms with Crippen molar-refractivity contribution < 1.29 is 46.5 Å². The van der Waals surface area contributed by atoms with Crippen molar-refractivity contribution >= 4 is 28.1 Å². The molecule has 0 aliphatic carbocycles. The van der Waals surface area contributed by atoms with Crippen LogP contribution in [0.5, 0.6) is 0 Å². The Morgan fingerprint density at radius 3 is 2.00 bits per heavy atom. The van der Waals surface area contributed by atoms with Crippen molar-refractivity contribution in [2.24, 2.45) is 5.73 Å². The van der Waals surface area contributed by atoms with E-state index in [0.29, 0.717) is 91.5 Å². The summed E-state index contributed by atoms with van der Waals surface area (Å²) in [4.78, 5) is 33.9. The van der Waals surface area contributed by atoms with Gasteiger partial charge in [0, 0.05) is 38.7 Å². The number of rotatable bonds is 26. The van der Waals surface area contributed by atoms with Crippen LogP contribution in [0.25, 0.3) is 0 Å². The number of hydrogen-bond donors (Lipinski definition) is 3. The van der Waals surface area contributed by atoms with Crippen molar-refractivity contribution in [3.05, 3.63) is 0 Å². The Kier molecular flexibility index (Phi) is 23.3. The molecule has 13 nitrogen and oxygen atoms in total. The maximum absolute atomic E-state index is 11.9. The highest BCUT2D eigenvalue weighted by molar-refractivity contribution is 7.90. The predicted octanol–water partition coefficient (Wildman–Crippen LogP) is -0.193. The smallest absolute Gasteiger partial charge is 0.407 e. The van der Waals surface area contributed by atoms with Gasteiger partial charge < -0.3 is 44.8 Å². The summed E-state index contributed by atoms with van der Waals surface area (Å²) >= 11 is 0. The van der Waals surface area contributed by atoms with Gasteiger partial charge in [-0.2, -0.15) is 0 Å². The van der Waals surface area contributed by atoms with E-state index < -0.39 is 22.0 Å². The Hall–Kier alpha value is -1.84. The van der Waals surface area contributed by atoms with E-state index in [1.165, 1.54) is 0 Å². The summed E-state index contributed by atoms with van der Waals surface area (Å²) in [5, 5.41) is 5.21. The van der Waals surface area contributed by atoms with Gasteiger partial charge >= 0.3 is 6.09 Å². The van der Waals surface area contributed by atoms with Crippen molar-refractivity contribution in [2.45, 2.75) is 44.6 Å². The van der Waals surface area contributed by atoms with Crippen LogP contribution in [0, 0.1) is 0 Å². The van der Waals surface area contributed by atoms with Gasteiger partial charge in [-0.05, 0) is 19.3 Å². The number of nitrogens with two attached hydrogens (primary N) is 1. The minimum absolute atomic E-state index is 0.114. The van der Waals surface area contributed by atoms with Crippen LogP contribution in [-0.2, 0) is 43.1 Å². The SMILES string of the molecule is CS(=O)(=O)CC(CCCCCNC(=O)CCOCCOCCOCCOCCN)OC(=O)NCCC=O. The second kappa shape index (κ2) is 24.5. The van der Waals surface area contributed by atoms with Crippen molar-refractivity contribution in [1.82, 2.24) is 10.6 Å². The minimum Gasteiger partial charge on any atom is -0.445 e. The fourth-order valence-corrected chi connectivity index (χ4v) is 3.85. The summed E-state index contributed by atoms with van der Waals surface area (Å²) in [6.07, 6.45) is 3.09. The first-order valence-electron chi connectivity index (χ1n) is 12.6. The van der Waals surface area contributed by atoms with E-state index in [1.807, 2.05) is 0 Å². The molecule has 0 bridgehead atoms. The topological polar surface area (TPSA) is 182 Å². The molecule has 2 amide bonds. The largest absolute Gasteiger partial charge is 0.445 e. The van der Waals surface area contributed by atoms with Gasteiger partial charge in [0.25, 0.3) is 0 Å². The molecule has 0 heterocycles. The Labute approximate surface area is 220 Å².